The van der Waals surface area contributed by atoms with E-state index >= 15 is 0 Å². The van der Waals surface area contributed by atoms with Crippen molar-refractivity contribution >= 4 is 11.6 Å². The van der Waals surface area contributed by atoms with Crippen LogP contribution in [-0.2, 0) is 11.3 Å². The van der Waals surface area contributed by atoms with Crippen LogP contribution < -0.4 is 4.90 Å². The number of hydrogen-bond donors (Lipinski definition) is 0. The summed E-state index contributed by atoms with van der Waals surface area (Å²) >= 11 is 0. The predicted octanol–water partition coefficient (Wildman–Crippen LogP) is 5.25. The average Bonchev–Trinajstić information content (AvgIpc) is 3.27. The van der Waals surface area contributed by atoms with Crippen molar-refractivity contribution in [2.75, 3.05) is 24.5 Å². The Morgan fingerprint density at radius 3 is 2.42 bits per heavy atom. The van der Waals surface area contributed by atoms with Crippen LogP contribution >= 0.6 is 0 Å². The van der Waals surface area contributed by atoms with Crippen LogP contribution in [0.5, 0.6) is 0 Å². The minimum atomic E-state index is -0.0294. The highest BCUT2D eigenvalue weighted by atomic mass is 16.5. The van der Waals surface area contributed by atoms with Gasteiger partial charge in [-0.15, -0.1) is 0 Å². The van der Waals surface area contributed by atoms with Crippen LogP contribution in [0.3, 0.4) is 0 Å². The summed E-state index contributed by atoms with van der Waals surface area (Å²) in [5.41, 5.74) is 4.53. The molecule has 0 radical (unpaired) electrons. The Labute approximate surface area is 196 Å². The summed E-state index contributed by atoms with van der Waals surface area (Å²) in [4.78, 5) is 22.4. The van der Waals surface area contributed by atoms with Crippen molar-refractivity contribution in [3.05, 3.63) is 65.5 Å². The van der Waals surface area contributed by atoms with Gasteiger partial charge in [0, 0.05) is 30.9 Å². The molecule has 1 saturated heterocycles. The predicted molar refractivity (Wildman–Crippen MR) is 131 cm³/mol. The molecular formula is C27H34N4O2. The first-order valence-electron chi connectivity index (χ1n) is 11.9. The Kier molecular flexibility index (Phi) is 7.11. The molecule has 174 valence electrons. The molecule has 0 spiro atoms. The van der Waals surface area contributed by atoms with Gasteiger partial charge in [0.05, 0.1) is 5.92 Å². The van der Waals surface area contributed by atoms with Crippen molar-refractivity contribution in [2.24, 2.45) is 11.8 Å². The van der Waals surface area contributed by atoms with E-state index in [9.17, 15) is 4.79 Å². The normalized spacial score (nSPS) is 16.3. The maximum atomic E-state index is 13.6. The van der Waals surface area contributed by atoms with Crippen molar-refractivity contribution < 1.29 is 9.32 Å². The van der Waals surface area contributed by atoms with Crippen LogP contribution in [0.4, 0.5) is 5.69 Å². The monoisotopic (exact) mass is 446 g/mol. The number of benzene rings is 2. The molecule has 1 aliphatic heterocycles. The molecule has 0 aliphatic carbocycles. The number of amides is 1. The maximum absolute atomic E-state index is 13.6. The molecule has 0 saturated carbocycles. The third-order valence-corrected chi connectivity index (χ3v) is 6.17. The molecule has 33 heavy (non-hydrogen) atoms. The molecule has 2 heterocycles. The molecule has 4 rings (SSSR count). The van der Waals surface area contributed by atoms with Gasteiger partial charge in [0.25, 0.3) is 0 Å². The Bertz CT molecular complexity index is 1060. The molecule has 1 amide bonds. The Morgan fingerprint density at radius 1 is 1.09 bits per heavy atom. The fourth-order valence-electron chi connectivity index (χ4n) is 4.40. The van der Waals surface area contributed by atoms with Crippen molar-refractivity contribution in [3.63, 3.8) is 0 Å². The molecular weight excluding hydrogens is 412 g/mol. The molecule has 6 heteroatoms. The average molecular weight is 447 g/mol. The minimum Gasteiger partial charge on any atom is -0.371 e. The van der Waals surface area contributed by atoms with E-state index in [-0.39, 0.29) is 11.8 Å². The quantitative estimate of drug-likeness (QED) is 0.496. The third kappa shape index (κ3) is 5.81. The van der Waals surface area contributed by atoms with Gasteiger partial charge < -0.3 is 14.3 Å². The van der Waals surface area contributed by atoms with Crippen LogP contribution in [0.1, 0.15) is 43.7 Å². The third-order valence-electron chi connectivity index (χ3n) is 6.17. The molecule has 2 aromatic carbocycles. The van der Waals surface area contributed by atoms with Gasteiger partial charge in [-0.3, -0.25) is 4.79 Å². The van der Waals surface area contributed by atoms with Gasteiger partial charge in [-0.1, -0.05) is 66.5 Å². The summed E-state index contributed by atoms with van der Waals surface area (Å²) in [7, 11) is 0. The minimum absolute atomic E-state index is 0.0294. The second-order valence-electron chi connectivity index (χ2n) is 9.61. The number of anilines is 1. The number of carbonyl (C=O) groups excluding carboxylic acids is 1. The van der Waals surface area contributed by atoms with Crippen molar-refractivity contribution in [1.29, 1.82) is 0 Å². The van der Waals surface area contributed by atoms with Gasteiger partial charge in [0.1, 0.15) is 6.54 Å². The second kappa shape index (κ2) is 10.2. The van der Waals surface area contributed by atoms with E-state index in [2.05, 4.69) is 60.1 Å². The van der Waals surface area contributed by atoms with Crippen molar-refractivity contribution in [2.45, 2.75) is 47.1 Å². The van der Waals surface area contributed by atoms with Gasteiger partial charge in [-0.05, 0) is 44.7 Å². The number of carbonyl (C=O) groups is 1. The summed E-state index contributed by atoms with van der Waals surface area (Å²) in [6.07, 6.45) is 1.92. The van der Waals surface area contributed by atoms with Gasteiger partial charge in [-0.25, -0.2) is 0 Å². The highest BCUT2D eigenvalue weighted by Crippen LogP contribution is 2.26. The largest absolute Gasteiger partial charge is 0.371 e. The molecule has 3 aromatic rings. The number of piperidine rings is 1. The highest BCUT2D eigenvalue weighted by molar-refractivity contribution is 5.79. The summed E-state index contributed by atoms with van der Waals surface area (Å²) in [6.45, 7) is 11.1. The van der Waals surface area contributed by atoms with Gasteiger partial charge in [0.2, 0.25) is 17.6 Å². The molecule has 1 atom stereocenters. The molecule has 1 fully saturated rings. The summed E-state index contributed by atoms with van der Waals surface area (Å²) in [5, 5.41) is 4.15. The Morgan fingerprint density at radius 2 is 1.76 bits per heavy atom. The van der Waals surface area contributed by atoms with E-state index in [4.69, 9.17) is 4.52 Å². The molecule has 6 nitrogen and oxygen atoms in total. The van der Waals surface area contributed by atoms with E-state index in [0.29, 0.717) is 30.7 Å². The molecule has 0 N–H and O–H groups in total. The molecule has 1 aromatic heterocycles. The van der Waals surface area contributed by atoms with Crippen molar-refractivity contribution in [1.82, 2.24) is 15.0 Å². The number of aromatic nitrogens is 2. The van der Waals surface area contributed by atoms with E-state index in [1.165, 1.54) is 16.8 Å². The van der Waals surface area contributed by atoms with Crippen LogP contribution in [-0.4, -0.2) is 40.6 Å². The fraction of sp³-hybridized carbons (Fsp3) is 0.444. The highest BCUT2D eigenvalue weighted by Gasteiger charge is 2.30. The fourth-order valence-corrected chi connectivity index (χ4v) is 4.40. The van der Waals surface area contributed by atoms with E-state index < -0.39 is 0 Å². The second-order valence-corrected chi connectivity index (χ2v) is 9.61. The topological polar surface area (TPSA) is 62.5 Å². The lowest BCUT2D eigenvalue weighted by Gasteiger charge is -2.36. The zero-order valence-electron chi connectivity index (χ0n) is 20.1. The summed E-state index contributed by atoms with van der Waals surface area (Å²) in [6, 6.07) is 16.6. The standard InChI is InChI=1S/C27H34N4O2/c1-19(2)16-31(18-25-28-26(29-33-25)22-11-7-20(3)8-12-22)27(32)23-6-5-15-30(17-23)24-13-9-21(4)10-14-24/h7-14,19,23H,5-6,15-18H2,1-4H3. The van der Waals surface area contributed by atoms with Crippen molar-refractivity contribution in [3.8, 4) is 11.4 Å². The zero-order chi connectivity index (χ0) is 23.4. The van der Waals surface area contributed by atoms with E-state index in [1.54, 1.807) is 0 Å². The first-order chi connectivity index (χ1) is 15.9. The van der Waals surface area contributed by atoms with Crippen LogP contribution in [0.25, 0.3) is 11.4 Å². The van der Waals surface area contributed by atoms with Crippen LogP contribution in [0.15, 0.2) is 53.1 Å². The number of aryl methyl sites for hydroxylation is 2. The van der Waals surface area contributed by atoms with Crippen LogP contribution in [0, 0.1) is 25.7 Å². The number of rotatable bonds is 7. The first-order valence-corrected chi connectivity index (χ1v) is 11.9. The SMILES string of the molecule is Cc1ccc(-c2noc(CN(CC(C)C)C(=O)C3CCCN(c4ccc(C)cc4)C3)n2)cc1. The lowest BCUT2D eigenvalue weighted by atomic mass is 9.95. The number of nitrogens with zero attached hydrogens (tertiary/aromatic N) is 4. The molecule has 0 bridgehead atoms. The molecule has 1 unspecified atom stereocenters. The van der Waals surface area contributed by atoms with Gasteiger partial charge in [0.15, 0.2) is 0 Å². The number of hydrogen-bond acceptors (Lipinski definition) is 5. The zero-order valence-corrected chi connectivity index (χ0v) is 20.1. The maximum Gasteiger partial charge on any atom is 0.246 e. The Hall–Kier alpha value is -3.15. The summed E-state index contributed by atoms with van der Waals surface area (Å²) in [5.74, 6) is 1.54. The lowest BCUT2D eigenvalue weighted by Crippen LogP contribution is -2.45. The summed E-state index contributed by atoms with van der Waals surface area (Å²) < 4.78 is 5.54. The van der Waals surface area contributed by atoms with E-state index in [1.807, 2.05) is 36.1 Å². The molecule has 1 aliphatic rings. The van der Waals surface area contributed by atoms with E-state index in [0.717, 1.165) is 31.5 Å². The van der Waals surface area contributed by atoms with Gasteiger partial charge >= 0.3 is 0 Å². The van der Waals surface area contributed by atoms with Crippen LogP contribution in [0.2, 0.25) is 0 Å². The van der Waals surface area contributed by atoms with Gasteiger partial charge in [-0.2, -0.15) is 4.98 Å². The first kappa shape index (κ1) is 23.0. The lowest BCUT2D eigenvalue weighted by molar-refractivity contribution is -0.137. The smallest absolute Gasteiger partial charge is 0.246 e. The Balaban J connectivity index is 1.47.